The minimum Gasteiger partial charge on any atom is -0.481 e. The quantitative estimate of drug-likeness (QED) is 0.917. The fourth-order valence-corrected chi connectivity index (χ4v) is 3.59. The molecular formula is C15H18N4O3S. The highest BCUT2D eigenvalue weighted by Gasteiger charge is 2.33. The van der Waals surface area contributed by atoms with Gasteiger partial charge in [0, 0.05) is 18.0 Å². The number of rotatable bonds is 4. The van der Waals surface area contributed by atoms with Crippen molar-refractivity contribution in [2.24, 2.45) is 11.8 Å². The van der Waals surface area contributed by atoms with E-state index in [1.165, 1.54) is 0 Å². The number of nitrogens with zero attached hydrogens (tertiary/aromatic N) is 4. The number of carboxylic acid groups (broad SMARTS) is 1. The molecule has 2 unspecified atom stereocenters. The average molecular weight is 334 g/mol. The van der Waals surface area contributed by atoms with Gasteiger partial charge in [0.1, 0.15) is 0 Å². The van der Waals surface area contributed by atoms with Gasteiger partial charge in [0.15, 0.2) is 5.69 Å². The van der Waals surface area contributed by atoms with Gasteiger partial charge in [0.05, 0.1) is 18.7 Å². The number of hydrogen-bond acceptors (Lipinski definition) is 5. The van der Waals surface area contributed by atoms with Crippen LogP contribution in [0, 0.1) is 11.8 Å². The molecule has 122 valence electrons. The van der Waals surface area contributed by atoms with Crippen LogP contribution >= 0.6 is 11.3 Å². The number of aliphatic carboxylic acids is 1. The molecule has 8 heteroatoms. The first-order valence-electron chi connectivity index (χ1n) is 7.47. The van der Waals surface area contributed by atoms with Crippen molar-refractivity contribution in [3.05, 3.63) is 34.3 Å². The number of amides is 1. The molecule has 2 atom stereocenters. The molecule has 1 aliphatic heterocycles. The fraction of sp³-hybridized carbons (Fsp3) is 0.467. The average Bonchev–Trinajstić information content (AvgIpc) is 3.18. The van der Waals surface area contributed by atoms with E-state index in [1.807, 2.05) is 24.4 Å². The van der Waals surface area contributed by atoms with Crippen LogP contribution in [0.5, 0.6) is 0 Å². The molecular weight excluding hydrogens is 316 g/mol. The molecule has 0 bridgehead atoms. The maximum absolute atomic E-state index is 12.5. The van der Waals surface area contributed by atoms with E-state index in [9.17, 15) is 14.7 Å². The van der Waals surface area contributed by atoms with Crippen LogP contribution in [0.3, 0.4) is 0 Å². The third-order valence-electron chi connectivity index (χ3n) is 3.95. The second kappa shape index (κ2) is 6.49. The van der Waals surface area contributed by atoms with Crippen molar-refractivity contribution in [3.8, 4) is 0 Å². The highest BCUT2D eigenvalue weighted by Crippen LogP contribution is 2.23. The number of likely N-dealkylation sites (tertiary alicyclic amines) is 1. The lowest BCUT2D eigenvalue weighted by atomic mass is 9.90. The maximum Gasteiger partial charge on any atom is 0.308 e. The van der Waals surface area contributed by atoms with E-state index in [4.69, 9.17) is 0 Å². The third-order valence-corrected chi connectivity index (χ3v) is 4.81. The van der Waals surface area contributed by atoms with Gasteiger partial charge in [-0.3, -0.25) is 9.59 Å². The summed E-state index contributed by atoms with van der Waals surface area (Å²) in [5.74, 6) is -1.45. The Bertz CT molecular complexity index is 697. The van der Waals surface area contributed by atoms with Crippen molar-refractivity contribution in [1.82, 2.24) is 19.9 Å². The lowest BCUT2D eigenvalue weighted by Gasteiger charge is -2.34. The monoisotopic (exact) mass is 334 g/mol. The van der Waals surface area contributed by atoms with Crippen LogP contribution in [0.4, 0.5) is 0 Å². The van der Waals surface area contributed by atoms with Crippen molar-refractivity contribution >= 4 is 23.2 Å². The van der Waals surface area contributed by atoms with Crippen LogP contribution in [0.1, 0.15) is 28.7 Å². The summed E-state index contributed by atoms with van der Waals surface area (Å²) < 4.78 is 1.63. The molecule has 0 radical (unpaired) electrons. The minimum atomic E-state index is -0.851. The van der Waals surface area contributed by atoms with Gasteiger partial charge in [0.2, 0.25) is 0 Å². The molecule has 1 aliphatic rings. The zero-order valence-corrected chi connectivity index (χ0v) is 13.6. The number of aromatic nitrogens is 3. The van der Waals surface area contributed by atoms with E-state index >= 15 is 0 Å². The molecule has 0 aromatic carbocycles. The van der Waals surface area contributed by atoms with E-state index in [1.54, 1.807) is 27.1 Å². The first-order valence-corrected chi connectivity index (χ1v) is 8.35. The van der Waals surface area contributed by atoms with E-state index in [2.05, 4.69) is 10.3 Å². The van der Waals surface area contributed by atoms with Gasteiger partial charge < -0.3 is 10.0 Å². The van der Waals surface area contributed by atoms with Crippen LogP contribution in [0.25, 0.3) is 0 Å². The zero-order chi connectivity index (χ0) is 16.4. The lowest BCUT2D eigenvalue weighted by molar-refractivity contribution is -0.143. The molecule has 1 amide bonds. The molecule has 23 heavy (non-hydrogen) atoms. The van der Waals surface area contributed by atoms with Gasteiger partial charge >= 0.3 is 5.97 Å². The molecule has 1 saturated heterocycles. The summed E-state index contributed by atoms with van der Waals surface area (Å²) in [7, 11) is 0. The predicted molar refractivity (Wildman–Crippen MR) is 84.3 cm³/mol. The Morgan fingerprint density at radius 2 is 2.26 bits per heavy atom. The van der Waals surface area contributed by atoms with Crippen molar-refractivity contribution in [3.63, 3.8) is 0 Å². The van der Waals surface area contributed by atoms with E-state index in [0.717, 1.165) is 4.88 Å². The Morgan fingerprint density at radius 3 is 2.96 bits per heavy atom. The van der Waals surface area contributed by atoms with Gasteiger partial charge in [-0.25, -0.2) is 4.68 Å². The van der Waals surface area contributed by atoms with Crippen LogP contribution in [0.2, 0.25) is 0 Å². The SMILES string of the molecule is CC1CC(C(=O)O)CN(C(=O)c2cn(Cc3cccs3)nn2)C1. The summed E-state index contributed by atoms with van der Waals surface area (Å²) in [5, 5.41) is 19.1. The van der Waals surface area contributed by atoms with Crippen molar-refractivity contribution < 1.29 is 14.7 Å². The Kier molecular flexibility index (Phi) is 4.42. The lowest BCUT2D eigenvalue weighted by Crippen LogP contribution is -2.45. The highest BCUT2D eigenvalue weighted by molar-refractivity contribution is 7.09. The van der Waals surface area contributed by atoms with Gasteiger partial charge in [-0.1, -0.05) is 18.2 Å². The molecule has 3 rings (SSSR count). The van der Waals surface area contributed by atoms with E-state index in [0.29, 0.717) is 19.5 Å². The first-order chi connectivity index (χ1) is 11.0. The summed E-state index contributed by atoms with van der Waals surface area (Å²) in [5.41, 5.74) is 0.264. The number of carboxylic acids is 1. The van der Waals surface area contributed by atoms with Gasteiger partial charge in [-0.2, -0.15) is 0 Å². The van der Waals surface area contributed by atoms with E-state index in [-0.39, 0.29) is 24.1 Å². The normalized spacial score (nSPS) is 21.3. The topological polar surface area (TPSA) is 88.3 Å². The first kappa shape index (κ1) is 15.7. The Hall–Kier alpha value is -2.22. The Balaban J connectivity index is 1.70. The van der Waals surface area contributed by atoms with Crippen LogP contribution in [-0.2, 0) is 11.3 Å². The highest BCUT2D eigenvalue weighted by atomic mass is 32.1. The summed E-state index contributed by atoms with van der Waals surface area (Å²) in [4.78, 5) is 26.5. The molecule has 0 saturated carbocycles. The smallest absolute Gasteiger partial charge is 0.308 e. The van der Waals surface area contributed by atoms with Gasteiger partial charge in [-0.05, 0) is 23.8 Å². The van der Waals surface area contributed by atoms with Crippen molar-refractivity contribution in [2.75, 3.05) is 13.1 Å². The number of hydrogen-bond donors (Lipinski definition) is 1. The molecule has 0 spiro atoms. The summed E-state index contributed by atoms with van der Waals surface area (Å²) in [6, 6.07) is 3.96. The second-order valence-electron chi connectivity index (χ2n) is 5.97. The third kappa shape index (κ3) is 3.58. The molecule has 2 aromatic rings. The Labute approximate surface area is 137 Å². The predicted octanol–water partition coefficient (Wildman–Crippen LogP) is 1.57. The van der Waals surface area contributed by atoms with Crippen LogP contribution in [0.15, 0.2) is 23.7 Å². The second-order valence-corrected chi connectivity index (χ2v) is 7.00. The molecule has 7 nitrogen and oxygen atoms in total. The number of carbonyl (C=O) groups excluding carboxylic acids is 1. The molecule has 1 fully saturated rings. The van der Waals surface area contributed by atoms with Crippen LogP contribution < -0.4 is 0 Å². The maximum atomic E-state index is 12.5. The van der Waals surface area contributed by atoms with E-state index < -0.39 is 11.9 Å². The molecule has 3 heterocycles. The molecule has 0 aliphatic carbocycles. The van der Waals surface area contributed by atoms with Crippen molar-refractivity contribution in [2.45, 2.75) is 19.9 Å². The van der Waals surface area contributed by atoms with Crippen molar-refractivity contribution in [1.29, 1.82) is 0 Å². The number of piperidine rings is 1. The van der Waals surface area contributed by atoms with Gasteiger partial charge in [-0.15, -0.1) is 16.4 Å². The summed E-state index contributed by atoms with van der Waals surface area (Å²) in [6.07, 6.45) is 2.22. The van der Waals surface area contributed by atoms with Gasteiger partial charge in [0.25, 0.3) is 5.91 Å². The largest absolute Gasteiger partial charge is 0.481 e. The summed E-state index contributed by atoms with van der Waals surface area (Å²) in [6.45, 7) is 3.33. The number of carbonyl (C=O) groups is 2. The van der Waals surface area contributed by atoms with Crippen LogP contribution in [-0.4, -0.2) is 50.0 Å². The minimum absolute atomic E-state index is 0.162. The fourth-order valence-electron chi connectivity index (χ4n) is 2.89. The summed E-state index contributed by atoms with van der Waals surface area (Å²) >= 11 is 1.62. The number of thiophene rings is 1. The molecule has 2 aromatic heterocycles. The Morgan fingerprint density at radius 1 is 1.43 bits per heavy atom. The zero-order valence-electron chi connectivity index (χ0n) is 12.8. The molecule has 1 N–H and O–H groups in total. The standard InChI is InChI=1S/C15H18N4O3S/c1-10-5-11(15(21)22)7-18(6-10)14(20)13-9-19(17-16-13)8-12-3-2-4-23-12/h2-4,9-11H,5-8H2,1H3,(H,21,22).